The molecule has 1 rings (SSSR count). The van der Waals surface area contributed by atoms with Gasteiger partial charge in [-0.3, -0.25) is 9.59 Å². The van der Waals surface area contributed by atoms with Crippen molar-refractivity contribution in [3.05, 3.63) is 12.3 Å². The molecule has 0 spiro atoms. The number of likely N-dealkylation sites (tertiary alicyclic amines) is 1. The first-order valence-electron chi connectivity index (χ1n) is 10.6. The molecule has 1 aliphatic rings. The van der Waals surface area contributed by atoms with Gasteiger partial charge in [0.05, 0.1) is 0 Å². The van der Waals surface area contributed by atoms with Crippen LogP contribution < -0.4 is 5.32 Å². The predicted octanol–water partition coefficient (Wildman–Crippen LogP) is 3.66. The molecule has 1 N–H and O–H groups in total. The summed E-state index contributed by atoms with van der Waals surface area (Å²) in [6, 6.07) is 0.102. The molecule has 27 heavy (non-hydrogen) atoms. The highest BCUT2D eigenvalue weighted by Gasteiger charge is 2.31. The largest absolute Gasteiger partial charge is 0.381 e. The van der Waals surface area contributed by atoms with Crippen LogP contribution in [0.4, 0.5) is 0 Å². The van der Waals surface area contributed by atoms with Crippen molar-refractivity contribution in [3.63, 3.8) is 0 Å². The van der Waals surface area contributed by atoms with E-state index in [0.29, 0.717) is 6.42 Å². The minimum atomic E-state index is -0.169. The van der Waals surface area contributed by atoms with Crippen LogP contribution in [0.15, 0.2) is 12.3 Å². The van der Waals surface area contributed by atoms with Crippen molar-refractivity contribution in [1.82, 2.24) is 15.1 Å². The first-order chi connectivity index (χ1) is 12.7. The van der Waals surface area contributed by atoms with E-state index in [-0.39, 0.29) is 35.6 Å². The summed E-state index contributed by atoms with van der Waals surface area (Å²) in [5.74, 6) is 0.251. The van der Waals surface area contributed by atoms with Gasteiger partial charge in [-0.15, -0.1) is 0 Å². The average Bonchev–Trinajstić information content (AvgIpc) is 2.63. The third-order valence-corrected chi connectivity index (χ3v) is 5.66. The van der Waals surface area contributed by atoms with E-state index < -0.39 is 0 Å². The van der Waals surface area contributed by atoms with Gasteiger partial charge in [-0.1, -0.05) is 20.4 Å². The summed E-state index contributed by atoms with van der Waals surface area (Å²) in [4.78, 5) is 29.9. The van der Waals surface area contributed by atoms with Gasteiger partial charge >= 0.3 is 0 Å². The summed E-state index contributed by atoms with van der Waals surface area (Å²) in [5, 5.41) is 3.06. The van der Waals surface area contributed by atoms with Gasteiger partial charge in [0, 0.05) is 50.8 Å². The summed E-state index contributed by atoms with van der Waals surface area (Å²) in [6.45, 7) is 14.0. The van der Waals surface area contributed by atoms with Gasteiger partial charge in [0.2, 0.25) is 11.8 Å². The minimum Gasteiger partial charge on any atom is -0.381 e. The average molecular weight is 380 g/mol. The zero-order valence-electron chi connectivity index (χ0n) is 18.4. The van der Waals surface area contributed by atoms with E-state index in [2.05, 4.69) is 25.7 Å². The lowest BCUT2D eigenvalue weighted by Crippen LogP contribution is -2.42. The van der Waals surface area contributed by atoms with E-state index in [1.165, 1.54) is 6.42 Å². The van der Waals surface area contributed by atoms with Crippen LogP contribution in [-0.4, -0.2) is 54.8 Å². The fourth-order valence-electron chi connectivity index (χ4n) is 3.87. The highest BCUT2D eigenvalue weighted by atomic mass is 16.2. The van der Waals surface area contributed by atoms with Crippen molar-refractivity contribution in [1.29, 1.82) is 0 Å². The van der Waals surface area contributed by atoms with Gasteiger partial charge in [-0.2, -0.15) is 0 Å². The molecule has 0 radical (unpaired) electrons. The lowest BCUT2D eigenvalue weighted by atomic mass is 9.84. The Morgan fingerprint density at radius 1 is 1.04 bits per heavy atom. The molecule has 1 saturated heterocycles. The number of nitrogens with zero attached hydrogens (tertiary/aromatic N) is 2. The molecule has 2 amide bonds. The lowest BCUT2D eigenvalue weighted by molar-refractivity contribution is -0.138. The Balaban J connectivity index is 2.87. The molecule has 0 aromatic rings. The Bertz CT molecular complexity index is 496. The fourth-order valence-corrected chi connectivity index (χ4v) is 3.87. The van der Waals surface area contributed by atoms with E-state index in [4.69, 9.17) is 0 Å². The molecule has 0 saturated carbocycles. The maximum Gasteiger partial charge on any atom is 0.225 e. The van der Waals surface area contributed by atoms with E-state index in [0.717, 1.165) is 44.5 Å². The summed E-state index contributed by atoms with van der Waals surface area (Å²) in [6.07, 6.45) is 5.53. The van der Waals surface area contributed by atoms with E-state index in [9.17, 15) is 9.59 Å². The van der Waals surface area contributed by atoms with Crippen LogP contribution in [0.25, 0.3) is 0 Å². The summed E-state index contributed by atoms with van der Waals surface area (Å²) < 4.78 is 0. The highest BCUT2D eigenvalue weighted by Crippen LogP contribution is 2.28. The molecule has 5 heteroatoms. The molecule has 1 fully saturated rings. The number of carbonyl (C=O) groups excluding carboxylic acids is 2. The second-order valence-electron chi connectivity index (χ2n) is 8.61. The Morgan fingerprint density at radius 2 is 1.63 bits per heavy atom. The van der Waals surface area contributed by atoms with Crippen molar-refractivity contribution >= 4 is 11.8 Å². The molecule has 0 aliphatic carbocycles. The number of allylic oxidation sites excluding steroid dienone is 1. The van der Waals surface area contributed by atoms with Crippen molar-refractivity contribution in [2.75, 3.05) is 27.2 Å². The zero-order valence-corrected chi connectivity index (χ0v) is 18.4. The van der Waals surface area contributed by atoms with Crippen LogP contribution in [0.2, 0.25) is 0 Å². The number of hydrogen-bond acceptors (Lipinski definition) is 3. The highest BCUT2D eigenvalue weighted by molar-refractivity contribution is 5.82. The number of amides is 2. The van der Waals surface area contributed by atoms with Crippen LogP contribution in [0.1, 0.15) is 66.2 Å². The van der Waals surface area contributed by atoms with E-state index in [1.807, 2.05) is 37.7 Å². The lowest BCUT2D eigenvalue weighted by Gasteiger charge is -2.32. The molecule has 3 unspecified atom stereocenters. The molecular formula is C22H41N3O2. The van der Waals surface area contributed by atoms with Crippen LogP contribution >= 0.6 is 0 Å². The van der Waals surface area contributed by atoms with Gasteiger partial charge in [-0.25, -0.2) is 0 Å². The molecule has 3 atom stereocenters. The van der Waals surface area contributed by atoms with Crippen LogP contribution in [0.3, 0.4) is 0 Å². The second kappa shape index (κ2) is 11.4. The van der Waals surface area contributed by atoms with Gasteiger partial charge in [0.25, 0.3) is 0 Å². The summed E-state index contributed by atoms with van der Waals surface area (Å²) in [7, 11) is 3.97. The third-order valence-electron chi connectivity index (χ3n) is 5.66. The maximum absolute atomic E-state index is 13.0. The van der Waals surface area contributed by atoms with Crippen molar-refractivity contribution in [2.45, 2.75) is 72.3 Å². The van der Waals surface area contributed by atoms with Crippen LogP contribution in [-0.2, 0) is 9.59 Å². The first-order valence-corrected chi connectivity index (χ1v) is 10.6. The van der Waals surface area contributed by atoms with Gasteiger partial charge in [-0.05, 0) is 58.3 Å². The Kier molecular flexibility index (Phi) is 9.89. The summed E-state index contributed by atoms with van der Waals surface area (Å²) in [5.41, 5.74) is 1.02. The van der Waals surface area contributed by atoms with E-state index in [1.54, 1.807) is 0 Å². The first kappa shape index (κ1) is 23.5. The van der Waals surface area contributed by atoms with E-state index >= 15 is 0 Å². The number of rotatable bonds is 10. The molecule has 1 heterocycles. The number of piperidine rings is 1. The normalized spacial score (nSPS) is 18.0. The quantitative estimate of drug-likeness (QED) is 0.630. The zero-order chi connectivity index (χ0) is 20.6. The Hall–Kier alpha value is -1.52. The molecular weight excluding hydrogens is 338 g/mol. The maximum atomic E-state index is 13.0. The third kappa shape index (κ3) is 7.55. The number of nitrogens with one attached hydrogen (secondary N) is 1. The van der Waals surface area contributed by atoms with Gasteiger partial charge in [0.1, 0.15) is 0 Å². The molecule has 156 valence electrons. The van der Waals surface area contributed by atoms with Gasteiger partial charge in [0.15, 0.2) is 0 Å². The summed E-state index contributed by atoms with van der Waals surface area (Å²) >= 11 is 0. The fraction of sp³-hybridized carbons (Fsp3) is 0.818. The standard InChI is InChI=1S/C22H41N3O2/c1-8-19(22(27)25-12-10-9-11-13-25)15-20(21(26)23-16(2)3)14-17(4)18(5)24(6)7/h16-17,19-20H,5,8-15H2,1-4,6-7H3,(H,23,26). The molecule has 0 bridgehead atoms. The van der Waals surface area contributed by atoms with Crippen molar-refractivity contribution < 1.29 is 9.59 Å². The van der Waals surface area contributed by atoms with Crippen molar-refractivity contribution in [3.8, 4) is 0 Å². The minimum absolute atomic E-state index is 0.0632. The SMILES string of the molecule is C=C(C(C)CC(CC(CC)C(=O)N1CCCCC1)C(=O)NC(C)C)N(C)C. The molecule has 1 aliphatic heterocycles. The van der Waals surface area contributed by atoms with Crippen LogP contribution in [0, 0.1) is 17.8 Å². The molecule has 0 aromatic heterocycles. The molecule has 5 nitrogen and oxygen atoms in total. The Labute approximate surface area is 166 Å². The predicted molar refractivity (Wildman–Crippen MR) is 112 cm³/mol. The van der Waals surface area contributed by atoms with Crippen LogP contribution in [0.5, 0.6) is 0 Å². The van der Waals surface area contributed by atoms with Crippen molar-refractivity contribution in [2.24, 2.45) is 17.8 Å². The van der Waals surface area contributed by atoms with Gasteiger partial charge < -0.3 is 15.1 Å². The second-order valence-corrected chi connectivity index (χ2v) is 8.61. The number of carbonyl (C=O) groups is 2. The molecule has 0 aromatic carbocycles. The topological polar surface area (TPSA) is 52.7 Å². The number of hydrogen-bond donors (Lipinski definition) is 1. The smallest absolute Gasteiger partial charge is 0.225 e. The Morgan fingerprint density at radius 3 is 2.11 bits per heavy atom. The monoisotopic (exact) mass is 379 g/mol.